The van der Waals surface area contributed by atoms with E-state index in [1.807, 2.05) is 6.92 Å². The standard InChI is InChI=1S/C14H20O/c1-10(2)14-7-5-13(6-8-14)9-11(3)12(4)15/h5-8,10-11H,9H2,1-4H3. The van der Waals surface area contributed by atoms with E-state index in [0.29, 0.717) is 5.92 Å². The second kappa shape index (κ2) is 5.11. The van der Waals surface area contributed by atoms with Crippen molar-refractivity contribution in [2.75, 3.05) is 0 Å². The van der Waals surface area contributed by atoms with E-state index in [9.17, 15) is 4.79 Å². The van der Waals surface area contributed by atoms with E-state index in [1.165, 1.54) is 11.1 Å². The van der Waals surface area contributed by atoms with E-state index in [0.717, 1.165) is 6.42 Å². The summed E-state index contributed by atoms with van der Waals surface area (Å²) in [6, 6.07) is 8.59. The van der Waals surface area contributed by atoms with Crippen molar-refractivity contribution in [1.29, 1.82) is 0 Å². The maximum Gasteiger partial charge on any atom is 0.132 e. The van der Waals surface area contributed by atoms with Gasteiger partial charge in [0, 0.05) is 5.92 Å². The van der Waals surface area contributed by atoms with Crippen molar-refractivity contribution >= 4 is 5.78 Å². The van der Waals surface area contributed by atoms with Crippen LogP contribution < -0.4 is 0 Å². The van der Waals surface area contributed by atoms with Crippen LogP contribution in [0.3, 0.4) is 0 Å². The molecule has 1 nitrogen and oxygen atoms in total. The summed E-state index contributed by atoms with van der Waals surface area (Å²) in [5.74, 6) is 0.974. The Balaban J connectivity index is 2.68. The molecule has 1 aromatic carbocycles. The van der Waals surface area contributed by atoms with Gasteiger partial charge in [-0.2, -0.15) is 0 Å². The third-order valence-electron chi connectivity index (χ3n) is 2.88. The minimum atomic E-state index is 0.134. The van der Waals surface area contributed by atoms with E-state index in [2.05, 4.69) is 38.1 Å². The number of hydrogen-bond donors (Lipinski definition) is 0. The molecule has 82 valence electrons. The molecular formula is C14H20O. The number of ketones is 1. The van der Waals surface area contributed by atoms with Crippen molar-refractivity contribution in [3.8, 4) is 0 Å². The Labute approximate surface area is 92.5 Å². The normalized spacial score (nSPS) is 12.9. The number of carbonyl (C=O) groups is 1. The van der Waals surface area contributed by atoms with Crippen LogP contribution >= 0.6 is 0 Å². The maximum absolute atomic E-state index is 11.1. The first-order valence-electron chi connectivity index (χ1n) is 5.60. The van der Waals surface area contributed by atoms with E-state index < -0.39 is 0 Å². The topological polar surface area (TPSA) is 17.1 Å². The Morgan fingerprint density at radius 2 is 1.67 bits per heavy atom. The van der Waals surface area contributed by atoms with Crippen LogP contribution in [-0.2, 0) is 11.2 Å². The van der Waals surface area contributed by atoms with Gasteiger partial charge in [-0.25, -0.2) is 0 Å². The summed E-state index contributed by atoms with van der Waals surface area (Å²) in [5, 5.41) is 0. The summed E-state index contributed by atoms with van der Waals surface area (Å²) >= 11 is 0. The lowest BCUT2D eigenvalue weighted by molar-refractivity contribution is -0.120. The Hall–Kier alpha value is -1.11. The molecule has 0 radical (unpaired) electrons. The Kier molecular flexibility index (Phi) is 4.07. The minimum absolute atomic E-state index is 0.134. The second-order valence-electron chi connectivity index (χ2n) is 4.61. The highest BCUT2D eigenvalue weighted by molar-refractivity contribution is 5.78. The lowest BCUT2D eigenvalue weighted by Crippen LogP contribution is -2.09. The summed E-state index contributed by atoms with van der Waals surface area (Å²) in [6.45, 7) is 8.02. The fourth-order valence-corrected chi connectivity index (χ4v) is 1.54. The molecule has 0 aromatic heterocycles. The first kappa shape index (κ1) is 12.0. The van der Waals surface area contributed by atoms with Crippen molar-refractivity contribution < 1.29 is 4.79 Å². The van der Waals surface area contributed by atoms with Gasteiger partial charge in [0.05, 0.1) is 0 Å². The number of rotatable bonds is 4. The van der Waals surface area contributed by atoms with Crippen molar-refractivity contribution in [1.82, 2.24) is 0 Å². The molecule has 1 unspecified atom stereocenters. The quantitative estimate of drug-likeness (QED) is 0.732. The average Bonchev–Trinajstić information content (AvgIpc) is 2.18. The predicted octanol–water partition coefficient (Wildman–Crippen LogP) is 3.58. The first-order chi connectivity index (χ1) is 7.00. The predicted molar refractivity (Wildman–Crippen MR) is 64.1 cm³/mol. The van der Waals surface area contributed by atoms with Crippen LogP contribution in [0.25, 0.3) is 0 Å². The van der Waals surface area contributed by atoms with Crippen LogP contribution in [0, 0.1) is 5.92 Å². The summed E-state index contributed by atoms with van der Waals surface area (Å²) in [5.41, 5.74) is 2.61. The molecule has 0 N–H and O–H groups in total. The van der Waals surface area contributed by atoms with Crippen molar-refractivity contribution in [2.45, 2.75) is 40.0 Å². The summed E-state index contributed by atoms with van der Waals surface area (Å²) in [6.07, 6.45) is 0.855. The molecule has 0 aliphatic rings. The van der Waals surface area contributed by atoms with Gasteiger partial charge in [-0.15, -0.1) is 0 Å². The largest absolute Gasteiger partial charge is 0.300 e. The first-order valence-corrected chi connectivity index (χ1v) is 5.60. The summed E-state index contributed by atoms with van der Waals surface area (Å²) in [4.78, 5) is 11.1. The highest BCUT2D eigenvalue weighted by atomic mass is 16.1. The zero-order valence-electron chi connectivity index (χ0n) is 10.1. The average molecular weight is 204 g/mol. The van der Waals surface area contributed by atoms with E-state index in [4.69, 9.17) is 0 Å². The van der Waals surface area contributed by atoms with Crippen LogP contribution in [0.15, 0.2) is 24.3 Å². The van der Waals surface area contributed by atoms with Gasteiger partial charge in [-0.05, 0) is 30.4 Å². The van der Waals surface area contributed by atoms with Crippen molar-refractivity contribution in [3.63, 3.8) is 0 Å². The van der Waals surface area contributed by atoms with Crippen LogP contribution in [0.5, 0.6) is 0 Å². The Morgan fingerprint density at radius 3 is 2.07 bits per heavy atom. The number of hydrogen-bond acceptors (Lipinski definition) is 1. The van der Waals surface area contributed by atoms with Gasteiger partial charge in [0.2, 0.25) is 0 Å². The van der Waals surface area contributed by atoms with Crippen molar-refractivity contribution in [3.05, 3.63) is 35.4 Å². The highest BCUT2D eigenvalue weighted by Gasteiger charge is 2.08. The fourth-order valence-electron chi connectivity index (χ4n) is 1.54. The highest BCUT2D eigenvalue weighted by Crippen LogP contribution is 2.16. The zero-order chi connectivity index (χ0) is 11.4. The molecule has 1 aromatic rings. The molecule has 0 aliphatic heterocycles. The van der Waals surface area contributed by atoms with E-state index >= 15 is 0 Å². The smallest absolute Gasteiger partial charge is 0.132 e. The molecule has 1 heteroatoms. The molecule has 0 heterocycles. The van der Waals surface area contributed by atoms with Gasteiger partial charge in [0.1, 0.15) is 5.78 Å². The van der Waals surface area contributed by atoms with Gasteiger partial charge < -0.3 is 0 Å². The third kappa shape index (κ3) is 3.50. The van der Waals surface area contributed by atoms with Crippen LogP contribution in [-0.4, -0.2) is 5.78 Å². The summed E-state index contributed by atoms with van der Waals surface area (Å²) < 4.78 is 0. The van der Waals surface area contributed by atoms with Gasteiger partial charge >= 0.3 is 0 Å². The summed E-state index contributed by atoms with van der Waals surface area (Å²) in [7, 11) is 0. The monoisotopic (exact) mass is 204 g/mol. The molecule has 0 fully saturated rings. The molecule has 1 atom stereocenters. The molecule has 0 spiro atoms. The SMILES string of the molecule is CC(=O)C(C)Cc1ccc(C(C)C)cc1. The molecule has 0 bridgehead atoms. The van der Waals surface area contributed by atoms with E-state index in [1.54, 1.807) is 6.92 Å². The fraction of sp³-hybridized carbons (Fsp3) is 0.500. The van der Waals surface area contributed by atoms with Crippen molar-refractivity contribution in [2.24, 2.45) is 5.92 Å². The van der Waals surface area contributed by atoms with Crippen LogP contribution in [0.1, 0.15) is 44.7 Å². The van der Waals surface area contributed by atoms with Gasteiger partial charge in [0.25, 0.3) is 0 Å². The zero-order valence-corrected chi connectivity index (χ0v) is 10.1. The van der Waals surface area contributed by atoms with Crippen LogP contribution in [0.2, 0.25) is 0 Å². The Bertz CT molecular complexity index is 322. The minimum Gasteiger partial charge on any atom is -0.300 e. The van der Waals surface area contributed by atoms with Crippen LogP contribution in [0.4, 0.5) is 0 Å². The molecule has 0 saturated carbocycles. The molecular weight excluding hydrogens is 184 g/mol. The molecule has 15 heavy (non-hydrogen) atoms. The number of carbonyl (C=O) groups excluding carboxylic acids is 1. The van der Waals surface area contributed by atoms with Gasteiger partial charge in [0.15, 0.2) is 0 Å². The molecule has 0 amide bonds. The lowest BCUT2D eigenvalue weighted by Gasteiger charge is -2.09. The second-order valence-corrected chi connectivity index (χ2v) is 4.61. The molecule has 0 saturated heterocycles. The number of Topliss-reactive ketones (excluding diaryl/α,β-unsaturated/α-hetero) is 1. The molecule has 0 aliphatic carbocycles. The van der Waals surface area contributed by atoms with E-state index in [-0.39, 0.29) is 11.7 Å². The Morgan fingerprint density at radius 1 is 1.13 bits per heavy atom. The lowest BCUT2D eigenvalue weighted by atomic mass is 9.95. The third-order valence-corrected chi connectivity index (χ3v) is 2.88. The number of benzene rings is 1. The van der Waals surface area contributed by atoms with Gasteiger partial charge in [-0.3, -0.25) is 4.79 Å². The van der Waals surface area contributed by atoms with Gasteiger partial charge in [-0.1, -0.05) is 45.0 Å². The maximum atomic E-state index is 11.1. The molecule has 1 rings (SSSR count).